The lowest BCUT2D eigenvalue weighted by atomic mass is 9.92. The van der Waals surface area contributed by atoms with Gasteiger partial charge < -0.3 is 10.6 Å². The Hall–Kier alpha value is -2.46. The van der Waals surface area contributed by atoms with E-state index in [-0.39, 0.29) is 24.9 Å². The number of halogens is 1. The van der Waals surface area contributed by atoms with Crippen LogP contribution >= 0.6 is 0 Å². The minimum Gasteiger partial charge on any atom is -0.337 e. The van der Waals surface area contributed by atoms with Crippen LogP contribution in [0.2, 0.25) is 0 Å². The average molecular weight is 360 g/mol. The van der Waals surface area contributed by atoms with E-state index < -0.39 is 11.4 Å². The van der Waals surface area contributed by atoms with Crippen LogP contribution in [-0.4, -0.2) is 42.4 Å². The SMILES string of the molecule is CN(CC(=O)Nc1cccc(F)c1)CC(=O)NC1(C#N)CCCCCC1. The molecule has 26 heavy (non-hydrogen) atoms. The molecule has 1 fully saturated rings. The topological polar surface area (TPSA) is 85.2 Å². The predicted molar refractivity (Wildman–Crippen MR) is 96.7 cm³/mol. The van der Waals surface area contributed by atoms with Crippen molar-refractivity contribution in [2.75, 3.05) is 25.5 Å². The third kappa shape index (κ3) is 6.12. The summed E-state index contributed by atoms with van der Waals surface area (Å²) in [5.74, 6) is -1.04. The van der Waals surface area contributed by atoms with E-state index in [2.05, 4.69) is 16.7 Å². The van der Waals surface area contributed by atoms with E-state index in [1.165, 1.54) is 18.2 Å². The zero-order chi connectivity index (χ0) is 19.0. The van der Waals surface area contributed by atoms with Crippen molar-refractivity contribution in [3.63, 3.8) is 0 Å². The van der Waals surface area contributed by atoms with Crippen molar-refractivity contribution in [3.8, 4) is 6.07 Å². The molecule has 1 saturated carbocycles. The highest BCUT2D eigenvalue weighted by atomic mass is 19.1. The van der Waals surface area contributed by atoms with Gasteiger partial charge in [-0.15, -0.1) is 0 Å². The van der Waals surface area contributed by atoms with Gasteiger partial charge in [0.15, 0.2) is 0 Å². The van der Waals surface area contributed by atoms with Crippen LogP contribution in [0.15, 0.2) is 24.3 Å². The van der Waals surface area contributed by atoms with Crippen LogP contribution in [0.4, 0.5) is 10.1 Å². The lowest BCUT2D eigenvalue weighted by Crippen LogP contribution is -2.50. The molecule has 1 aromatic rings. The van der Waals surface area contributed by atoms with Crippen LogP contribution in [-0.2, 0) is 9.59 Å². The molecule has 2 N–H and O–H groups in total. The zero-order valence-corrected chi connectivity index (χ0v) is 15.1. The first-order chi connectivity index (χ1) is 12.4. The molecule has 1 aliphatic carbocycles. The van der Waals surface area contributed by atoms with E-state index in [1.807, 2.05) is 0 Å². The second-order valence-corrected chi connectivity index (χ2v) is 6.89. The molecule has 0 aromatic heterocycles. The normalized spacial score (nSPS) is 16.4. The number of hydrogen-bond acceptors (Lipinski definition) is 4. The van der Waals surface area contributed by atoms with Crippen LogP contribution in [0.1, 0.15) is 38.5 Å². The van der Waals surface area contributed by atoms with E-state index in [4.69, 9.17) is 0 Å². The molecular formula is C19H25FN4O2. The number of rotatable bonds is 6. The Morgan fingerprint density at radius 3 is 2.46 bits per heavy atom. The Kier molecular flexibility index (Phi) is 7.10. The highest BCUT2D eigenvalue weighted by Crippen LogP contribution is 2.26. The summed E-state index contributed by atoms with van der Waals surface area (Å²) >= 11 is 0. The first-order valence-electron chi connectivity index (χ1n) is 8.89. The number of likely N-dealkylation sites (N-methyl/N-ethyl adjacent to an activating group) is 1. The van der Waals surface area contributed by atoms with Gasteiger partial charge in [0.25, 0.3) is 0 Å². The van der Waals surface area contributed by atoms with Crippen molar-refractivity contribution in [2.45, 2.75) is 44.1 Å². The van der Waals surface area contributed by atoms with Gasteiger partial charge in [-0.1, -0.05) is 31.7 Å². The minimum atomic E-state index is -0.793. The predicted octanol–water partition coefficient (Wildman–Crippen LogP) is 2.43. The summed E-state index contributed by atoms with van der Waals surface area (Å²) in [6.07, 6.45) is 5.36. The molecule has 1 aliphatic rings. The third-order valence-electron chi connectivity index (χ3n) is 4.49. The van der Waals surface area contributed by atoms with Crippen LogP contribution in [0.3, 0.4) is 0 Å². The fourth-order valence-electron chi connectivity index (χ4n) is 3.22. The number of nitrogens with zero attached hydrogens (tertiary/aromatic N) is 2. The van der Waals surface area contributed by atoms with Crippen LogP contribution in [0, 0.1) is 17.1 Å². The molecule has 2 rings (SSSR count). The minimum absolute atomic E-state index is 0.0104. The number of nitrogens with one attached hydrogen (secondary N) is 2. The van der Waals surface area contributed by atoms with Crippen molar-refractivity contribution in [1.82, 2.24) is 10.2 Å². The Morgan fingerprint density at radius 2 is 1.85 bits per heavy atom. The number of hydrogen-bond donors (Lipinski definition) is 2. The summed E-state index contributed by atoms with van der Waals surface area (Å²) in [7, 11) is 1.65. The van der Waals surface area contributed by atoms with Crippen molar-refractivity contribution in [3.05, 3.63) is 30.1 Å². The molecule has 0 unspecified atom stereocenters. The van der Waals surface area contributed by atoms with Gasteiger partial charge in [0, 0.05) is 5.69 Å². The van der Waals surface area contributed by atoms with E-state index in [0.717, 1.165) is 25.7 Å². The summed E-state index contributed by atoms with van der Waals surface area (Å²) in [5.41, 5.74) is -0.423. The second-order valence-electron chi connectivity index (χ2n) is 6.89. The third-order valence-corrected chi connectivity index (χ3v) is 4.49. The van der Waals surface area contributed by atoms with Gasteiger partial charge in [0.2, 0.25) is 11.8 Å². The molecule has 0 saturated heterocycles. The average Bonchev–Trinajstić information content (AvgIpc) is 2.80. The molecule has 0 atom stereocenters. The summed E-state index contributed by atoms with van der Waals surface area (Å²) in [4.78, 5) is 25.9. The van der Waals surface area contributed by atoms with E-state index in [0.29, 0.717) is 18.5 Å². The smallest absolute Gasteiger partial charge is 0.238 e. The number of benzene rings is 1. The van der Waals surface area contributed by atoms with Gasteiger partial charge in [-0.3, -0.25) is 14.5 Å². The van der Waals surface area contributed by atoms with Gasteiger partial charge in [-0.05, 0) is 38.1 Å². The maximum Gasteiger partial charge on any atom is 0.238 e. The molecular weight excluding hydrogens is 335 g/mol. The van der Waals surface area contributed by atoms with Gasteiger partial charge in [0.1, 0.15) is 11.4 Å². The maximum atomic E-state index is 13.1. The number of amides is 2. The monoisotopic (exact) mass is 360 g/mol. The van der Waals surface area contributed by atoms with Crippen LogP contribution in [0.25, 0.3) is 0 Å². The molecule has 1 aromatic carbocycles. The highest BCUT2D eigenvalue weighted by molar-refractivity contribution is 5.92. The molecule has 0 radical (unpaired) electrons. The molecule has 0 spiro atoms. The van der Waals surface area contributed by atoms with E-state index in [1.54, 1.807) is 18.0 Å². The van der Waals surface area contributed by atoms with Gasteiger partial charge in [0.05, 0.1) is 19.2 Å². The summed E-state index contributed by atoms with van der Waals surface area (Å²) < 4.78 is 13.1. The van der Waals surface area contributed by atoms with Crippen molar-refractivity contribution in [1.29, 1.82) is 5.26 Å². The van der Waals surface area contributed by atoms with Crippen molar-refractivity contribution < 1.29 is 14.0 Å². The Morgan fingerprint density at radius 1 is 1.19 bits per heavy atom. The molecule has 7 heteroatoms. The highest BCUT2D eigenvalue weighted by Gasteiger charge is 2.32. The largest absolute Gasteiger partial charge is 0.337 e. The number of nitriles is 1. The van der Waals surface area contributed by atoms with Crippen LogP contribution in [0.5, 0.6) is 0 Å². The van der Waals surface area contributed by atoms with Crippen LogP contribution < -0.4 is 10.6 Å². The number of anilines is 1. The van der Waals surface area contributed by atoms with Gasteiger partial charge >= 0.3 is 0 Å². The summed E-state index contributed by atoms with van der Waals surface area (Å²) in [6.45, 7) is 0.00346. The summed E-state index contributed by atoms with van der Waals surface area (Å²) in [6, 6.07) is 7.90. The molecule has 0 aliphatic heterocycles. The lowest BCUT2D eigenvalue weighted by Gasteiger charge is -2.27. The Bertz CT molecular complexity index is 678. The van der Waals surface area contributed by atoms with Crippen molar-refractivity contribution >= 4 is 17.5 Å². The maximum absolute atomic E-state index is 13.1. The van der Waals surface area contributed by atoms with E-state index >= 15 is 0 Å². The molecule has 0 heterocycles. The molecule has 2 amide bonds. The zero-order valence-electron chi connectivity index (χ0n) is 15.1. The first-order valence-corrected chi connectivity index (χ1v) is 8.89. The quantitative estimate of drug-likeness (QED) is 0.763. The molecule has 0 bridgehead atoms. The van der Waals surface area contributed by atoms with Gasteiger partial charge in [-0.2, -0.15) is 5.26 Å². The van der Waals surface area contributed by atoms with Crippen molar-refractivity contribution in [2.24, 2.45) is 0 Å². The number of carbonyl (C=O) groups is 2. The Labute approximate surface area is 153 Å². The molecule has 6 nitrogen and oxygen atoms in total. The molecule has 140 valence electrons. The standard InChI is InChI=1S/C19H25FN4O2/c1-24(12-17(25)22-16-8-6-7-15(20)11-16)13-18(26)23-19(14-21)9-4-2-3-5-10-19/h6-8,11H,2-5,9-10,12-13H2,1H3,(H,22,25)(H,23,26). The van der Waals surface area contributed by atoms with E-state index in [9.17, 15) is 19.2 Å². The first kappa shape index (κ1) is 19.9. The summed E-state index contributed by atoms with van der Waals surface area (Å²) in [5, 5.41) is 15.0. The lowest BCUT2D eigenvalue weighted by molar-refractivity contribution is -0.124. The fourth-order valence-corrected chi connectivity index (χ4v) is 3.22. The Balaban J connectivity index is 1.82. The number of carbonyl (C=O) groups excluding carboxylic acids is 2. The van der Waals surface area contributed by atoms with Gasteiger partial charge in [-0.25, -0.2) is 4.39 Å². The fraction of sp³-hybridized carbons (Fsp3) is 0.526. The second kappa shape index (κ2) is 9.30.